The molecule has 4 rings (SSSR count). The number of aromatic nitrogens is 3. The van der Waals surface area contributed by atoms with E-state index in [1.165, 1.54) is 0 Å². The minimum Gasteiger partial charge on any atom is -0.365 e. The predicted molar refractivity (Wildman–Crippen MR) is 83.1 cm³/mol. The van der Waals surface area contributed by atoms with E-state index < -0.39 is 6.23 Å². The summed E-state index contributed by atoms with van der Waals surface area (Å²) in [4.78, 5) is 4.49. The fourth-order valence-electron chi connectivity index (χ4n) is 2.79. The maximum Gasteiger partial charge on any atom is 0.207 e. The highest BCUT2D eigenvalue weighted by molar-refractivity contribution is 6.15. The second kappa shape index (κ2) is 4.89. The summed E-state index contributed by atoms with van der Waals surface area (Å²) in [7, 11) is 0. The molecule has 1 unspecified atom stereocenters. The van der Waals surface area contributed by atoms with E-state index >= 15 is 0 Å². The average molecular weight is 290 g/mol. The highest BCUT2D eigenvalue weighted by Gasteiger charge is 2.26. The van der Waals surface area contributed by atoms with Crippen LogP contribution in [0.3, 0.4) is 0 Å². The summed E-state index contributed by atoms with van der Waals surface area (Å²) in [5.74, 6) is 1.17. The first kappa shape index (κ1) is 12.9. The molecule has 108 valence electrons. The Bertz CT molecular complexity index is 867. The van der Waals surface area contributed by atoms with Crippen LogP contribution in [0.15, 0.2) is 59.6 Å². The Hall–Kier alpha value is -2.79. The molecule has 1 aromatic heterocycles. The van der Waals surface area contributed by atoms with Crippen molar-refractivity contribution in [2.75, 3.05) is 0 Å². The van der Waals surface area contributed by atoms with Crippen LogP contribution in [0.4, 0.5) is 0 Å². The lowest BCUT2D eigenvalue weighted by molar-refractivity contribution is 0.177. The molecule has 0 spiro atoms. The van der Waals surface area contributed by atoms with Gasteiger partial charge in [0.25, 0.3) is 0 Å². The maximum absolute atomic E-state index is 10.4. The predicted octanol–water partition coefficient (Wildman–Crippen LogP) is 2.42. The number of rotatable bonds is 1. The van der Waals surface area contributed by atoms with Gasteiger partial charge in [-0.1, -0.05) is 48.5 Å². The molecule has 0 amide bonds. The number of nitrogens with zero attached hydrogens (tertiary/aromatic N) is 4. The van der Waals surface area contributed by atoms with E-state index in [1.807, 2.05) is 66.1 Å². The van der Waals surface area contributed by atoms with Crippen molar-refractivity contribution in [1.82, 2.24) is 14.8 Å². The lowest BCUT2D eigenvalue weighted by atomic mass is 10.0. The third-order valence-electron chi connectivity index (χ3n) is 3.78. The van der Waals surface area contributed by atoms with E-state index in [1.54, 1.807) is 0 Å². The molecule has 2 heterocycles. The Kier molecular flexibility index (Phi) is 2.87. The van der Waals surface area contributed by atoms with E-state index in [2.05, 4.69) is 15.2 Å². The van der Waals surface area contributed by atoms with Crippen LogP contribution in [0, 0.1) is 6.92 Å². The number of aliphatic hydroxyl groups excluding tert-OH is 1. The van der Waals surface area contributed by atoms with Crippen molar-refractivity contribution < 1.29 is 5.11 Å². The summed E-state index contributed by atoms with van der Waals surface area (Å²) < 4.78 is 1.86. The second-order valence-electron chi connectivity index (χ2n) is 5.18. The standard InChI is InChI=1S/C17H14N4O/c1-11-19-20-16-17(22)18-15(12-7-3-2-4-8-12)13-9-5-6-10-14(13)21(11)16/h2-10,17,22H,1H3. The zero-order chi connectivity index (χ0) is 15.1. The van der Waals surface area contributed by atoms with E-state index in [9.17, 15) is 5.11 Å². The Morgan fingerprint density at radius 2 is 1.68 bits per heavy atom. The molecule has 5 nitrogen and oxygen atoms in total. The van der Waals surface area contributed by atoms with Gasteiger partial charge in [-0.25, -0.2) is 4.99 Å². The highest BCUT2D eigenvalue weighted by atomic mass is 16.3. The maximum atomic E-state index is 10.4. The molecule has 1 atom stereocenters. The molecule has 0 aliphatic carbocycles. The number of aliphatic hydroxyl groups is 1. The van der Waals surface area contributed by atoms with Crippen LogP contribution in [-0.4, -0.2) is 25.6 Å². The SMILES string of the molecule is Cc1nnc2n1-c1ccccc1C(c1ccccc1)=NC2O. The number of hydrogen-bond acceptors (Lipinski definition) is 4. The van der Waals surface area contributed by atoms with Crippen LogP contribution in [-0.2, 0) is 0 Å². The fraction of sp³-hybridized carbons (Fsp3) is 0.118. The zero-order valence-corrected chi connectivity index (χ0v) is 12.0. The van der Waals surface area contributed by atoms with Crippen LogP contribution in [0.2, 0.25) is 0 Å². The summed E-state index contributed by atoms with van der Waals surface area (Å²) in [6.07, 6.45) is -1.04. The fourth-order valence-corrected chi connectivity index (χ4v) is 2.79. The van der Waals surface area contributed by atoms with Crippen LogP contribution in [0.25, 0.3) is 5.69 Å². The average Bonchev–Trinajstić information content (AvgIpc) is 2.89. The molecule has 0 fully saturated rings. The van der Waals surface area contributed by atoms with Crippen LogP contribution < -0.4 is 0 Å². The van der Waals surface area contributed by atoms with Gasteiger partial charge in [-0.15, -0.1) is 10.2 Å². The summed E-state index contributed by atoms with van der Waals surface area (Å²) >= 11 is 0. The number of aliphatic imine (C=N–C) groups is 1. The quantitative estimate of drug-likeness (QED) is 0.748. The minimum absolute atomic E-state index is 0.441. The lowest BCUT2D eigenvalue weighted by Crippen LogP contribution is -2.07. The summed E-state index contributed by atoms with van der Waals surface area (Å²) in [5.41, 5.74) is 3.60. The van der Waals surface area contributed by atoms with Crippen molar-refractivity contribution in [3.8, 4) is 5.69 Å². The molecule has 0 saturated heterocycles. The number of fused-ring (bicyclic) bond motifs is 3. The van der Waals surface area contributed by atoms with Gasteiger partial charge < -0.3 is 5.11 Å². The van der Waals surface area contributed by atoms with E-state index in [-0.39, 0.29) is 0 Å². The molecule has 0 saturated carbocycles. The summed E-state index contributed by atoms with van der Waals surface area (Å²) in [6.45, 7) is 1.87. The number of hydrogen-bond donors (Lipinski definition) is 1. The van der Waals surface area contributed by atoms with Crippen molar-refractivity contribution in [2.24, 2.45) is 4.99 Å². The second-order valence-corrected chi connectivity index (χ2v) is 5.18. The summed E-state index contributed by atoms with van der Waals surface area (Å²) in [5, 5.41) is 18.6. The Morgan fingerprint density at radius 3 is 2.50 bits per heavy atom. The molecular weight excluding hydrogens is 276 g/mol. The van der Waals surface area contributed by atoms with Gasteiger partial charge in [0.2, 0.25) is 6.23 Å². The third-order valence-corrected chi connectivity index (χ3v) is 3.78. The van der Waals surface area contributed by atoms with E-state index in [0.717, 1.165) is 28.4 Å². The highest BCUT2D eigenvalue weighted by Crippen LogP contribution is 2.29. The van der Waals surface area contributed by atoms with Gasteiger partial charge in [0, 0.05) is 11.1 Å². The molecule has 0 bridgehead atoms. The Morgan fingerprint density at radius 1 is 0.955 bits per heavy atom. The number of para-hydroxylation sites is 1. The van der Waals surface area contributed by atoms with Gasteiger partial charge in [0.15, 0.2) is 5.82 Å². The molecule has 0 radical (unpaired) electrons. The number of aryl methyl sites for hydroxylation is 1. The molecule has 1 aliphatic rings. The zero-order valence-electron chi connectivity index (χ0n) is 12.0. The van der Waals surface area contributed by atoms with Crippen LogP contribution >= 0.6 is 0 Å². The smallest absolute Gasteiger partial charge is 0.207 e. The molecule has 5 heteroatoms. The minimum atomic E-state index is -1.04. The molecule has 22 heavy (non-hydrogen) atoms. The molecular formula is C17H14N4O. The van der Waals surface area contributed by atoms with Gasteiger partial charge >= 0.3 is 0 Å². The first-order chi connectivity index (χ1) is 10.8. The van der Waals surface area contributed by atoms with Crippen molar-refractivity contribution in [3.63, 3.8) is 0 Å². The van der Waals surface area contributed by atoms with Crippen LogP contribution in [0.5, 0.6) is 0 Å². The van der Waals surface area contributed by atoms with Crippen molar-refractivity contribution >= 4 is 5.71 Å². The topological polar surface area (TPSA) is 63.3 Å². The monoisotopic (exact) mass is 290 g/mol. The normalized spacial score (nSPS) is 16.5. The molecule has 3 aromatic rings. The largest absolute Gasteiger partial charge is 0.365 e. The Balaban J connectivity index is 2.04. The summed E-state index contributed by atoms with van der Waals surface area (Å²) in [6, 6.07) is 17.8. The van der Waals surface area contributed by atoms with E-state index in [0.29, 0.717) is 5.82 Å². The van der Waals surface area contributed by atoms with Gasteiger partial charge in [-0.05, 0) is 13.0 Å². The van der Waals surface area contributed by atoms with Gasteiger partial charge in [0.1, 0.15) is 5.82 Å². The van der Waals surface area contributed by atoms with Crippen molar-refractivity contribution in [1.29, 1.82) is 0 Å². The lowest BCUT2D eigenvalue weighted by Gasteiger charge is -2.11. The van der Waals surface area contributed by atoms with Gasteiger partial charge in [-0.3, -0.25) is 4.57 Å². The van der Waals surface area contributed by atoms with Gasteiger partial charge in [0.05, 0.1) is 11.4 Å². The number of benzene rings is 2. The van der Waals surface area contributed by atoms with E-state index in [4.69, 9.17) is 0 Å². The van der Waals surface area contributed by atoms with Crippen molar-refractivity contribution in [3.05, 3.63) is 77.4 Å². The molecule has 2 aromatic carbocycles. The third kappa shape index (κ3) is 1.87. The first-order valence-electron chi connectivity index (χ1n) is 7.08. The van der Waals surface area contributed by atoms with Crippen LogP contribution in [0.1, 0.15) is 29.0 Å². The first-order valence-corrected chi connectivity index (χ1v) is 7.08. The molecule has 1 N–H and O–H groups in total. The Labute approximate surface area is 127 Å². The van der Waals surface area contributed by atoms with Gasteiger partial charge in [-0.2, -0.15) is 0 Å². The molecule has 1 aliphatic heterocycles. The van der Waals surface area contributed by atoms with Crippen molar-refractivity contribution in [2.45, 2.75) is 13.2 Å².